The van der Waals surface area contributed by atoms with Gasteiger partial charge in [0.15, 0.2) is 0 Å². The zero-order valence-electron chi connectivity index (χ0n) is 13.9. The summed E-state index contributed by atoms with van der Waals surface area (Å²) in [6, 6.07) is 21.8. The molecule has 2 heteroatoms. The highest BCUT2D eigenvalue weighted by molar-refractivity contribution is 6.77. The molecule has 0 aliphatic carbocycles. The van der Waals surface area contributed by atoms with Crippen molar-refractivity contribution in [1.82, 2.24) is 4.98 Å². The van der Waals surface area contributed by atoms with Crippen LogP contribution in [0, 0.1) is 0 Å². The molecule has 2 aromatic rings. The predicted molar refractivity (Wildman–Crippen MR) is 95.1 cm³/mol. The molecule has 0 aliphatic heterocycles. The van der Waals surface area contributed by atoms with Crippen LogP contribution in [0.3, 0.4) is 0 Å². The molecule has 0 unspecified atom stereocenters. The highest BCUT2D eigenvalue weighted by Gasteiger charge is 2.37. The summed E-state index contributed by atoms with van der Waals surface area (Å²) in [4.78, 5) is 3.93. The van der Waals surface area contributed by atoms with E-state index in [2.05, 4.69) is 99.5 Å². The van der Waals surface area contributed by atoms with Gasteiger partial charge in [0.2, 0.25) is 0 Å². The third kappa shape index (κ3) is 4.29. The largest absolute Gasteiger partial charge is 0.332 e. The van der Waals surface area contributed by atoms with Crippen LogP contribution < -0.4 is 4.98 Å². The molecule has 0 aromatic heterocycles. The van der Waals surface area contributed by atoms with Gasteiger partial charge in [-0.05, 0) is 31.9 Å². The van der Waals surface area contributed by atoms with Crippen LogP contribution in [0.2, 0.25) is 13.1 Å². The van der Waals surface area contributed by atoms with E-state index in [0.29, 0.717) is 5.54 Å². The zero-order valence-corrected chi connectivity index (χ0v) is 14.9. The number of nitrogens with one attached hydrogen (secondary N) is 1. The molecule has 0 aliphatic rings. The average Bonchev–Trinajstić information content (AvgIpc) is 2.38. The van der Waals surface area contributed by atoms with Gasteiger partial charge in [0, 0.05) is 11.1 Å². The molecule has 1 nitrogen and oxygen atoms in total. The van der Waals surface area contributed by atoms with Crippen molar-refractivity contribution in [3.05, 3.63) is 71.8 Å². The van der Waals surface area contributed by atoms with Gasteiger partial charge >= 0.3 is 0 Å². The molecule has 0 spiro atoms. The maximum absolute atomic E-state index is 3.93. The van der Waals surface area contributed by atoms with Crippen molar-refractivity contribution in [2.24, 2.45) is 0 Å². The zero-order chi connectivity index (χ0) is 15.5. The van der Waals surface area contributed by atoms with E-state index in [1.165, 1.54) is 11.1 Å². The molecule has 0 saturated carbocycles. The second-order valence-corrected chi connectivity index (χ2v) is 11.6. The monoisotopic (exact) mass is 297 g/mol. The van der Waals surface area contributed by atoms with Crippen LogP contribution in [-0.2, 0) is 0 Å². The SMILES string of the molecule is CC(C)(C)N[Si](C)(C)C(c1ccccc1)c1ccccc1. The van der Waals surface area contributed by atoms with Crippen molar-refractivity contribution >= 4 is 8.24 Å². The molecule has 2 aromatic carbocycles. The molecule has 0 saturated heterocycles. The summed E-state index contributed by atoms with van der Waals surface area (Å²) in [6.45, 7) is 11.6. The Balaban J connectivity index is 2.47. The second kappa shape index (κ2) is 6.16. The molecular formula is C19H27NSi. The third-order valence-electron chi connectivity index (χ3n) is 3.68. The van der Waals surface area contributed by atoms with Gasteiger partial charge < -0.3 is 4.98 Å². The first-order chi connectivity index (χ1) is 9.80. The smallest absolute Gasteiger partial charge is 0.131 e. The van der Waals surface area contributed by atoms with Crippen molar-refractivity contribution in [3.8, 4) is 0 Å². The summed E-state index contributed by atoms with van der Waals surface area (Å²) >= 11 is 0. The van der Waals surface area contributed by atoms with Crippen LogP contribution in [0.15, 0.2) is 60.7 Å². The Morgan fingerprint density at radius 2 is 1.14 bits per heavy atom. The van der Waals surface area contributed by atoms with E-state index in [0.717, 1.165) is 0 Å². The fourth-order valence-electron chi connectivity index (χ4n) is 3.36. The van der Waals surface area contributed by atoms with Crippen molar-refractivity contribution in [1.29, 1.82) is 0 Å². The van der Waals surface area contributed by atoms with Gasteiger partial charge in [-0.3, -0.25) is 0 Å². The van der Waals surface area contributed by atoms with Crippen LogP contribution in [0.25, 0.3) is 0 Å². The van der Waals surface area contributed by atoms with Gasteiger partial charge in [-0.15, -0.1) is 0 Å². The maximum Gasteiger partial charge on any atom is 0.131 e. The number of rotatable bonds is 4. The first-order valence-corrected chi connectivity index (χ1v) is 10.8. The fraction of sp³-hybridized carbons (Fsp3) is 0.368. The Morgan fingerprint density at radius 1 is 0.762 bits per heavy atom. The summed E-state index contributed by atoms with van der Waals surface area (Å²) < 4.78 is 0. The predicted octanol–water partition coefficient (Wildman–Crippen LogP) is 4.95. The molecule has 0 bridgehead atoms. The van der Waals surface area contributed by atoms with Crippen molar-refractivity contribution in [3.63, 3.8) is 0 Å². The Bertz CT molecular complexity index is 516. The van der Waals surface area contributed by atoms with E-state index < -0.39 is 8.24 Å². The molecule has 0 heterocycles. The van der Waals surface area contributed by atoms with Gasteiger partial charge in [-0.1, -0.05) is 73.8 Å². The molecule has 112 valence electrons. The summed E-state index contributed by atoms with van der Waals surface area (Å²) in [5, 5.41) is 0. The third-order valence-corrected chi connectivity index (χ3v) is 7.19. The van der Waals surface area contributed by atoms with Crippen molar-refractivity contribution in [2.45, 2.75) is 44.9 Å². The van der Waals surface area contributed by atoms with Crippen LogP contribution in [0.5, 0.6) is 0 Å². The molecule has 1 N–H and O–H groups in total. The van der Waals surface area contributed by atoms with E-state index >= 15 is 0 Å². The summed E-state index contributed by atoms with van der Waals surface area (Å²) in [5.74, 6) is 0. The molecular weight excluding hydrogens is 270 g/mol. The van der Waals surface area contributed by atoms with Crippen LogP contribution in [0.1, 0.15) is 37.4 Å². The van der Waals surface area contributed by atoms with E-state index in [4.69, 9.17) is 0 Å². The molecule has 21 heavy (non-hydrogen) atoms. The maximum atomic E-state index is 3.93. The lowest BCUT2D eigenvalue weighted by Gasteiger charge is -2.39. The summed E-state index contributed by atoms with van der Waals surface area (Å²) in [5.41, 5.74) is 3.42. The first kappa shape index (κ1) is 16.0. The van der Waals surface area contributed by atoms with Gasteiger partial charge in [0.05, 0.1) is 0 Å². The van der Waals surface area contributed by atoms with E-state index in [9.17, 15) is 0 Å². The van der Waals surface area contributed by atoms with Crippen LogP contribution in [-0.4, -0.2) is 13.8 Å². The lowest BCUT2D eigenvalue weighted by atomic mass is 10.0. The Morgan fingerprint density at radius 3 is 1.48 bits per heavy atom. The van der Waals surface area contributed by atoms with E-state index in [-0.39, 0.29) is 5.54 Å². The Hall–Kier alpha value is -1.38. The van der Waals surface area contributed by atoms with Gasteiger partial charge in [0.1, 0.15) is 8.24 Å². The molecule has 0 amide bonds. The number of hydrogen-bond donors (Lipinski definition) is 1. The fourth-order valence-corrected chi connectivity index (χ4v) is 7.48. The number of hydrogen-bond acceptors (Lipinski definition) is 1. The average molecular weight is 298 g/mol. The standard InChI is InChI=1S/C19H27NSi/c1-19(2,3)20-21(4,5)18(16-12-8-6-9-13-16)17-14-10-7-11-15-17/h6-15,18,20H,1-5H3. The highest BCUT2D eigenvalue weighted by Crippen LogP contribution is 2.33. The highest BCUT2D eigenvalue weighted by atomic mass is 28.3. The summed E-state index contributed by atoms with van der Waals surface area (Å²) in [7, 11) is -1.70. The normalized spacial score (nSPS) is 12.7. The first-order valence-electron chi connectivity index (χ1n) is 7.69. The number of benzene rings is 2. The van der Waals surface area contributed by atoms with Gasteiger partial charge in [-0.2, -0.15) is 0 Å². The minimum atomic E-state index is -1.70. The molecule has 2 rings (SSSR count). The Kier molecular flexibility index (Phi) is 4.69. The van der Waals surface area contributed by atoms with Gasteiger partial charge in [0.25, 0.3) is 0 Å². The van der Waals surface area contributed by atoms with E-state index in [1.807, 2.05) is 0 Å². The molecule has 0 radical (unpaired) electrons. The van der Waals surface area contributed by atoms with Crippen LogP contribution >= 0.6 is 0 Å². The summed E-state index contributed by atoms with van der Waals surface area (Å²) in [6.07, 6.45) is 0. The lowest BCUT2D eigenvalue weighted by molar-refractivity contribution is 0.508. The van der Waals surface area contributed by atoms with Gasteiger partial charge in [-0.25, -0.2) is 0 Å². The topological polar surface area (TPSA) is 12.0 Å². The van der Waals surface area contributed by atoms with Crippen molar-refractivity contribution in [2.75, 3.05) is 0 Å². The minimum absolute atomic E-state index is 0.136. The minimum Gasteiger partial charge on any atom is -0.332 e. The Labute approximate surface area is 130 Å². The second-order valence-electron chi connectivity index (χ2n) is 7.35. The lowest BCUT2D eigenvalue weighted by Crippen LogP contribution is -2.58. The molecule has 0 atom stereocenters. The molecule has 0 fully saturated rings. The van der Waals surface area contributed by atoms with Crippen molar-refractivity contribution < 1.29 is 0 Å². The van der Waals surface area contributed by atoms with Crippen LogP contribution in [0.4, 0.5) is 0 Å². The van der Waals surface area contributed by atoms with E-state index in [1.54, 1.807) is 0 Å². The quantitative estimate of drug-likeness (QED) is 0.787.